The van der Waals surface area contributed by atoms with Crippen LogP contribution in [0.15, 0.2) is 12.3 Å². The van der Waals surface area contributed by atoms with Crippen LogP contribution < -0.4 is 15.8 Å². The predicted octanol–water partition coefficient (Wildman–Crippen LogP) is 0.724. The van der Waals surface area contributed by atoms with Gasteiger partial charge in [-0.15, -0.1) is 0 Å². The van der Waals surface area contributed by atoms with E-state index in [1.807, 2.05) is 19.2 Å². The van der Waals surface area contributed by atoms with Crippen molar-refractivity contribution in [3.05, 3.63) is 18.1 Å². The quantitative estimate of drug-likeness (QED) is 0.806. The van der Waals surface area contributed by atoms with Crippen LogP contribution in [0.2, 0.25) is 0 Å². The van der Waals surface area contributed by atoms with Crippen LogP contribution in [0.4, 0.5) is 5.82 Å². The molecule has 2 N–H and O–H groups in total. The van der Waals surface area contributed by atoms with Crippen LogP contribution in [-0.2, 0) is 0 Å². The number of aryl methyl sites for hydroxylation is 1. The zero-order valence-electron chi connectivity index (χ0n) is 11.1. The minimum Gasteiger partial charge on any atom is -0.356 e. The lowest BCUT2D eigenvalue weighted by Crippen LogP contribution is -2.39. The number of hydrogen-bond donors (Lipinski definition) is 2. The Morgan fingerprint density at radius 3 is 3.06 bits per heavy atom. The molecule has 3 unspecified atom stereocenters. The maximum atomic E-state index is 4.51. The Morgan fingerprint density at radius 1 is 1.44 bits per heavy atom. The zero-order valence-corrected chi connectivity index (χ0v) is 11.1. The smallest absolute Gasteiger partial charge is 0.132 e. The van der Waals surface area contributed by atoms with Crippen molar-refractivity contribution < 1.29 is 0 Å². The first-order valence-corrected chi connectivity index (χ1v) is 6.77. The first kappa shape index (κ1) is 11.9. The van der Waals surface area contributed by atoms with Crippen molar-refractivity contribution in [2.24, 2.45) is 11.8 Å². The minimum atomic E-state index is 0.595. The van der Waals surface area contributed by atoms with Crippen molar-refractivity contribution in [3.63, 3.8) is 0 Å². The van der Waals surface area contributed by atoms with Gasteiger partial charge in [0.25, 0.3) is 0 Å². The van der Waals surface area contributed by atoms with Crippen LogP contribution in [0.25, 0.3) is 0 Å². The Bertz CT molecular complexity index is 422. The maximum Gasteiger partial charge on any atom is 0.132 e. The number of aromatic nitrogens is 2. The van der Waals surface area contributed by atoms with Crippen LogP contribution in [0.1, 0.15) is 19.2 Å². The second-order valence-electron chi connectivity index (χ2n) is 5.49. The van der Waals surface area contributed by atoms with Crippen molar-refractivity contribution in [3.8, 4) is 0 Å². The fourth-order valence-electron chi connectivity index (χ4n) is 3.10. The fraction of sp³-hybridized carbons (Fsp3) is 0.692. The van der Waals surface area contributed by atoms with Crippen LogP contribution in [0, 0.1) is 18.8 Å². The summed E-state index contributed by atoms with van der Waals surface area (Å²) in [6, 6.07) is 2.61. The minimum absolute atomic E-state index is 0.595. The van der Waals surface area contributed by atoms with Gasteiger partial charge in [-0.05, 0) is 31.2 Å². The monoisotopic (exact) mass is 247 g/mol. The highest BCUT2D eigenvalue weighted by atomic mass is 15.4. The van der Waals surface area contributed by atoms with Crippen LogP contribution in [0.5, 0.6) is 0 Å². The lowest BCUT2D eigenvalue weighted by molar-refractivity contribution is 0.352. The van der Waals surface area contributed by atoms with E-state index in [1.54, 1.807) is 0 Å². The van der Waals surface area contributed by atoms with Gasteiger partial charge in [0.1, 0.15) is 11.6 Å². The van der Waals surface area contributed by atoms with Gasteiger partial charge in [0.05, 0.1) is 0 Å². The lowest BCUT2D eigenvalue weighted by atomic mass is 9.90. The summed E-state index contributed by atoms with van der Waals surface area (Å²) in [5, 5.41) is 0. The largest absolute Gasteiger partial charge is 0.356 e. The highest BCUT2D eigenvalue weighted by Gasteiger charge is 2.35. The highest BCUT2D eigenvalue weighted by molar-refractivity contribution is 5.38. The van der Waals surface area contributed by atoms with Crippen molar-refractivity contribution in [2.45, 2.75) is 26.3 Å². The van der Waals surface area contributed by atoms with Gasteiger partial charge in [-0.2, -0.15) is 0 Å². The highest BCUT2D eigenvalue weighted by Crippen LogP contribution is 2.28. The topological polar surface area (TPSA) is 53.1 Å². The van der Waals surface area contributed by atoms with Gasteiger partial charge in [0.15, 0.2) is 0 Å². The van der Waals surface area contributed by atoms with Crippen LogP contribution >= 0.6 is 0 Å². The van der Waals surface area contributed by atoms with E-state index in [0.717, 1.165) is 31.3 Å². The number of nitrogens with one attached hydrogen (secondary N) is 2. The first-order chi connectivity index (χ1) is 8.74. The van der Waals surface area contributed by atoms with E-state index in [0.29, 0.717) is 17.9 Å². The molecule has 0 amide bonds. The normalized spacial score (nSPS) is 32.1. The summed E-state index contributed by atoms with van der Waals surface area (Å²) >= 11 is 0. The average molecular weight is 247 g/mol. The molecule has 18 heavy (non-hydrogen) atoms. The van der Waals surface area contributed by atoms with Gasteiger partial charge < -0.3 is 4.90 Å². The number of rotatable bonds is 2. The van der Waals surface area contributed by atoms with Crippen molar-refractivity contribution >= 4 is 5.82 Å². The third kappa shape index (κ3) is 2.20. The second-order valence-corrected chi connectivity index (χ2v) is 5.49. The Balaban J connectivity index is 1.68. The summed E-state index contributed by atoms with van der Waals surface area (Å²) in [5.74, 6) is 3.35. The Labute approximate surface area is 108 Å². The average Bonchev–Trinajstić information content (AvgIpc) is 2.97. The summed E-state index contributed by atoms with van der Waals surface area (Å²) in [6.07, 6.45) is 3.09. The maximum absolute atomic E-state index is 4.51. The molecule has 0 bridgehead atoms. The van der Waals surface area contributed by atoms with E-state index in [4.69, 9.17) is 0 Å². The lowest BCUT2D eigenvalue weighted by Gasteiger charge is -2.23. The van der Waals surface area contributed by atoms with Gasteiger partial charge in [0.2, 0.25) is 0 Å². The molecular weight excluding hydrogens is 226 g/mol. The first-order valence-electron chi connectivity index (χ1n) is 6.77. The molecule has 5 heteroatoms. The number of anilines is 1. The summed E-state index contributed by atoms with van der Waals surface area (Å²) < 4.78 is 0. The van der Waals surface area contributed by atoms with Gasteiger partial charge in [-0.25, -0.2) is 9.97 Å². The van der Waals surface area contributed by atoms with Crippen molar-refractivity contribution in [1.29, 1.82) is 0 Å². The fourth-order valence-corrected chi connectivity index (χ4v) is 3.10. The predicted molar refractivity (Wildman–Crippen MR) is 71.2 cm³/mol. The molecule has 1 aromatic rings. The van der Waals surface area contributed by atoms with Gasteiger partial charge >= 0.3 is 0 Å². The van der Waals surface area contributed by atoms with Crippen molar-refractivity contribution in [2.75, 3.05) is 24.5 Å². The Hall–Kier alpha value is -1.20. The molecule has 0 spiro atoms. The van der Waals surface area contributed by atoms with E-state index >= 15 is 0 Å². The standard InChI is InChI=1S/C13H21N5/c1-9-7-15-17-13(9)11-4-6-18(8-11)12-3-5-14-10(2)16-12/h3,5,9,11,13,15,17H,4,6-8H2,1-2H3. The SMILES string of the molecule is Cc1nccc(N2CCC(C3NNCC3C)C2)n1. The number of hydrogen-bond acceptors (Lipinski definition) is 5. The molecule has 5 nitrogen and oxygen atoms in total. The molecule has 0 radical (unpaired) electrons. The molecular formula is C13H21N5. The molecule has 3 heterocycles. The number of nitrogens with zero attached hydrogens (tertiary/aromatic N) is 3. The van der Waals surface area contributed by atoms with Gasteiger partial charge in [-0.1, -0.05) is 6.92 Å². The molecule has 0 aliphatic carbocycles. The molecule has 1 aromatic heterocycles. The molecule has 2 aliphatic heterocycles. The molecule has 0 aromatic carbocycles. The molecule has 0 saturated carbocycles. The molecule has 3 atom stereocenters. The molecule has 2 aliphatic rings. The summed E-state index contributed by atoms with van der Waals surface area (Å²) in [5.41, 5.74) is 6.69. The molecule has 98 valence electrons. The Kier molecular flexibility index (Phi) is 3.18. The van der Waals surface area contributed by atoms with E-state index in [9.17, 15) is 0 Å². The summed E-state index contributed by atoms with van der Waals surface area (Å²) in [7, 11) is 0. The van der Waals surface area contributed by atoms with Crippen molar-refractivity contribution in [1.82, 2.24) is 20.8 Å². The third-order valence-corrected chi connectivity index (χ3v) is 4.12. The molecule has 2 fully saturated rings. The van der Waals surface area contributed by atoms with E-state index < -0.39 is 0 Å². The molecule has 3 rings (SSSR count). The zero-order chi connectivity index (χ0) is 12.5. The molecule has 2 saturated heterocycles. The van der Waals surface area contributed by atoms with Gasteiger partial charge in [0, 0.05) is 31.9 Å². The second kappa shape index (κ2) is 4.82. The summed E-state index contributed by atoms with van der Waals surface area (Å²) in [6.45, 7) is 7.54. The summed E-state index contributed by atoms with van der Waals surface area (Å²) in [4.78, 5) is 11.1. The van der Waals surface area contributed by atoms with E-state index in [2.05, 4.69) is 32.6 Å². The number of hydrazine groups is 1. The third-order valence-electron chi connectivity index (χ3n) is 4.12. The Morgan fingerprint density at radius 2 is 2.33 bits per heavy atom. The van der Waals surface area contributed by atoms with Gasteiger partial charge in [-0.3, -0.25) is 10.9 Å². The van der Waals surface area contributed by atoms with Crippen LogP contribution in [0.3, 0.4) is 0 Å². The van der Waals surface area contributed by atoms with E-state index in [1.165, 1.54) is 6.42 Å². The van der Waals surface area contributed by atoms with Crippen LogP contribution in [-0.4, -0.2) is 35.6 Å². The van der Waals surface area contributed by atoms with E-state index in [-0.39, 0.29) is 0 Å².